The third kappa shape index (κ3) is 4.40. The predicted octanol–water partition coefficient (Wildman–Crippen LogP) is 8.04. The number of nitrogens with zero attached hydrogens (tertiary/aromatic N) is 4. The van der Waals surface area contributed by atoms with Crippen LogP contribution in [-0.4, -0.2) is 27.7 Å². The van der Waals surface area contributed by atoms with Crippen molar-refractivity contribution in [2.75, 3.05) is 7.11 Å². The van der Waals surface area contributed by atoms with Crippen molar-refractivity contribution in [2.45, 2.75) is 13.5 Å². The van der Waals surface area contributed by atoms with Gasteiger partial charge in [-0.1, -0.05) is 44.0 Å². The Labute approximate surface area is 223 Å². The molecule has 0 aliphatic carbocycles. The van der Waals surface area contributed by atoms with Gasteiger partial charge in [-0.3, -0.25) is 4.79 Å². The number of hydrogen-bond acceptors (Lipinski definition) is 5. The van der Waals surface area contributed by atoms with Crippen LogP contribution in [0.1, 0.15) is 17.3 Å². The van der Waals surface area contributed by atoms with Crippen LogP contribution in [0.5, 0.6) is 11.6 Å². The highest BCUT2D eigenvalue weighted by molar-refractivity contribution is 9.10. The van der Waals surface area contributed by atoms with E-state index in [1.165, 1.54) is 0 Å². The molecule has 1 amide bonds. The van der Waals surface area contributed by atoms with E-state index in [2.05, 4.69) is 42.1 Å². The first-order chi connectivity index (χ1) is 17.4. The molecule has 5 rings (SSSR count). The third-order valence-corrected chi connectivity index (χ3v) is 6.94. The van der Waals surface area contributed by atoms with E-state index in [0.717, 1.165) is 20.0 Å². The lowest BCUT2D eigenvalue weighted by Crippen LogP contribution is -1.99. The van der Waals surface area contributed by atoms with Crippen molar-refractivity contribution in [1.82, 2.24) is 9.55 Å². The number of ether oxygens (including phenoxy) is 1. The van der Waals surface area contributed by atoms with Crippen molar-refractivity contribution in [2.24, 2.45) is 10.2 Å². The molecular weight excluding hydrogens is 588 g/mol. The Kier molecular flexibility index (Phi) is 6.59. The summed E-state index contributed by atoms with van der Waals surface area (Å²) in [6.45, 7) is 2.46. The van der Waals surface area contributed by atoms with Gasteiger partial charge in [-0.25, -0.2) is 4.98 Å². The SMILES string of the molecule is CCn1c(O)c(N=NC(=O)c2cc(-c3ccc(Br)cc3)nc3ccc(OC)cc23)c2cc(Br)ccc21. The molecule has 9 heteroatoms. The molecule has 0 atom stereocenters. The molecular formula is C27H20Br2N4O3. The van der Waals surface area contributed by atoms with E-state index in [-0.39, 0.29) is 11.6 Å². The minimum Gasteiger partial charge on any atom is -0.497 e. The largest absolute Gasteiger partial charge is 0.497 e. The van der Waals surface area contributed by atoms with Crippen LogP contribution in [0.2, 0.25) is 0 Å². The summed E-state index contributed by atoms with van der Waals surface area (Å²) >= 11 is 6.91. The Morgan fingerprint density at radius 2 is 1.75 bits per heavy atom. The number of methoxy groups -OCH3 is 1. The van der Waals surface area contributed by atoms with Crippen LogP contribution in [0.15, 0.2) is 85.9 Å². The van der Waals surface area contributed by atoms with Crippen molar-refractivity contribution in [3.63, 3.8) is 0 Å². The van der Waals surface area contributed by atoms with Gasteiger partial charge in [-0.2, -0.15) is 0 Å². The Bertz CT molecular complexity index is 1660. The maximum absolute atomic E-state index is 13.4. The Balaban J connectivity index is 1.64. The van der Waals surface area contributed by atoms with Gasteiger partial charge < -0.3 is 14.4 Å². The summed E-state index contributed by atoms with van der Waals surface area (Å²) in [5.41, 5.74) is 3.50. The summed E-state index contributed by atoms with van der Waals surface area (Å²) in [4.78, 5) is 18.2. The van der Waals surface area contributed by atoms with Crippen molar-refractivity contribution in [3.05, 3.63) is 81.2 Å². The smallest absolute Gasteiger partial charge is 0.296 e. The van der Waals surface area contributed by atoms with Crippen LogP contribution < -0.4 is 4.74 Å². The number of hydrogen-bond donors (Lipinski definition) is 1. The minimum absolute atomic E-state index is 0.0426. The zero-order valence-electron chi connectivity index (χ0n) is 19.4. The third-order valence-electron chi connectivity index (χ3n) is 5.92. The Morgan fingerprint density at radius 1 is 1.00 bits per heavy atom. The number of carbonyl (C=O) groups excluding carboxylic acids is 1. The fourth-order valence-electron chi connectivity index (χ4n) is 4.14. The number of fused-ring (bicyclic) bond motifs is 2. The van der Waals surface area contributed by atoms with Crippen LogP contribution >= 0.6 is 31.9 Å². The molecule has 2 heterocycles. The molecule has 5 aromatic rings. The topological polar surface area (TPSA) is 89.1 Å². The Hall–Kier alpha value is -3.56. The van der Waals surface area contributed by atoms with Gasteiger partial charge in [-0.15, -0.1) is 10.2 Å². The van der Waals surface area contributed by atoms with Crippen molar-refractivity contribution >= 4 is 65.3 Å². The minimum atomic E-state index is -0.555. The molecule has 0 bridgehead atoms. The number of amides is 1. The van der Waals surface area contributed by atoms with Gasteiger partial charge in [0, 0.05) is 31.8 Å². The van der Waals surface area contributed by atoms with E-state index in [1.54, 1.807) is 29.9 Å². The maximum Gasteiger partial charge on any atom is 0.296 e. The standard InChI is InChI=1S/C27H20Br2N4O3/c1-3-33-24-11-8-17(29)12-21(24)25(27(33)35)31-32-26(34)20-14-23(15-4-6-16(28)7-5-15)30-22-10-9-18(36-2)13-19(20)22/h4-14,35H,3H2,1-2H3. The molecule has 1 N–H and O–H groups in total. The van der Waals surface area contributed by atoms with Gasteiger partial charge in [0.1, 0.15) is 5.75 Å². The monoisotopic (exact) mass is 606 g/mol. The predicted molar refractivity (Wildman–Crippen MR) is 147 cm³/mol. The summed E-state index contributed by atoms with van der Waals surface area (Å²) < 4.78 is 8.86. The molecule has 0 saturated heterocycles. The number of pyridine rings is 1. The zero-order chi connectivity index (χ0) is 25.4. The molecule has 180 valence electrons. The lowest BCUT2D eigenvalue weighted by molar-refractivity contribution is 0.0996. The fraction of sp³-hybridized carbons (Fsp3) is 0.111. The number of rotatable bonds is 5. The van der Waals surface area contributed by atoms with E-state index in [4.69, 9.17) is 9.72 Å². The molecule has 0 fully saturated rings. The first kappa shape index (κ1) is 24.1. The van der Waals surface area contributed by atoms with Gasteiger partial charge in [0.05, 0.1) is 29.4 Å². The van der Waals surface area contributed by atoms with E-state index >= 15 is 0 Å². The lowest BCUT2D eigenvalue weighted by Gasteiger charge is -2.09. The van der Waals surface area contributed by atoms with Crippen LogP contribution in [0.3, 0.4) is 0 Å². The molecule has 0 aliphatic rings. The highest BCUT2D eigenvalue weighted by atomic mass is 79.9. The summed E-state index contributed by atoms with van der Waals surface area (Å²) in [7, 11) is 1.57. The first-order valence-electron chi connectivity index (χ1n) is 11.1. The van der Waals surface area contributed by atoms with E-state index in [0.29, 0.717) is 39.8 Å². The average Bonchev–Trinajstić information content (AvgIpc) is 3.15. The number of carbonyl (C=O) groups is 1. The molecule has 36 heavy (non-hydrogen) atoms. The highest BCUT2D eigenvalue weighted by Gasteiger charge is 2.18. The van der Waals surface area contributed by atoms with Crippen molar-refractivity contribution < 1.29 is 14.6 Å². The highest BCUT2D eigenvalue weighted by Crippen LogP contribution is 2.40. The molecule has 0 aliphatic heterocycles. The van der Waals surface area contributed by atoms with Crippen LogP contribution in [-0.2, 0) is 6.54 Å². The molecule has 7 nitrogen and oxygen atoms in total. The first-order valence-corrected chi connectivity index (χ1v) is 12.7. The number of halogens is 2. The van der Waals surface area contributed by atoms with Crippen LogP contribution in [0, 0.1) is 0 Å². The van der Waals surface area contributed by atoms with Gasteiger partial charge in [0.2, 0.25) is 5.88 Å². The number of benzene rings is 3. The molecule has 0 radical (unpaired) electrons. The van der Waals surface area contributed by atoms with Crippen LogP contribution in [0.25, 0.3) is 33.1 Å². The fourth-order valence-corrected chi connectivity index (χ4v) is 4.77. The summed E-state index contributed by atoms with van der Waals surface area (Å²) in [5.74, 6) is -0.0000384. The molecule has 0 unspecified atom stereocenters. The quantitative estimate of drug-likeness (QED) is 0.205. The second kappa shape index (κ2) is 9.83. The van der Waals surface area contributed by atoms with Gasteiger partial charge >= 0.3 is 0 Å². The molecule has 0 saturated carbocycles. The van der Waals surface area contributed by atoms with E-state index in [1.807, 2.05) is 55.5 Å². The number of aromatic nitrogens is 2. The van der Waals surface area contributed by atoms with Crippen LogP contribution in [0.4, 0.5) is 5.69 Å². The van der Waals surface area contributed by atoms with Crippen molar-refractivity contribution in [3.8, 4) is 22.9 Å². The van der Waals surface area contributed by atoms with Crippen molar-refractivity contribution in [1.29, 1.82) is 0 Å². The summed E-state index contributed by atoms with van der Waals surface area (Å²) in [6.07, 6.45) is 0. The van der Waals surface area contributed by atoms with Gasteiger partial charge in [0.15, 0.2) is 5.69 Å². The maximum atomic E-state index is 13.4. The zero-order valence-corrected chi connectivity index (χ0v) is 22.5. The summed E-state index contributed by atoms with van der Waals surface area (Å²) in [5, 5.41) is 20.3. The molecule has 0 spiro atoms. The number of azo groups is 1. The second-order valence-electron chi connectivity index (χ2n) is 8.03. The normalized spacial score (nSPS) is 11.6. The Morgan fingerprint density at radius 3 is 2.47 bits per heavy atom. The number of aromatic hydroxyl groups is 1. The molecule has 2 aromatic heterocycles. The lowest BCUT2D eigenvalue weighted by atomic mass is 10.0. The summed E-state index contributed by atoms with van der Waals surface area (Å²) in [6, 6.07) is 20.4. The van der Waals surface area contributed by atoms with E-state index in [9.17, 15) is 9.90 Å². The second-order valence-corrected chi connectivity index (χ2v) is 9.86. The average molecular weight is 608 g/mol. The van der Waals surface area contributed by atoms with Gasteiger partial charge in [-0.05, 0) is 61.5 Å². The van der Waals surface area contributed by atoms with E-state index < -0.39 is 5.91 Å². The number of aryl methyl sites for hydroxylation is 1. The van der Waals surface area contributed by atoms with Gasteiger partial charge in [0.25, 0.3) is 5.91 Å². The molecule has 3 aromatic carbocycles.